The minimum Gasteiger partial charge on any atom is -0.338 e. The largest absolute Gasteiger partial charge is 0.338 e. The van der Waals surface area contributed by atoms with E-state index in [0.29, 0.717) is 0 Å². The summed E-state index contributed by atoms with van der Waals surface area (Å²) < 4.78 is 0. The fourth-order valence-corrected chi connectivity index (χ4v) is 2.32. The molecule has 2 rings (SSSR count). The van der Waals surface area contributed by atoms with Crippen LogP contribution in [-0.2, 0) is 13.0 Å². The van der Waals surface area contributed by atoms with Crippen LogP contribution in [0.15, 0.2) is 29.1 Å². The Bertz CT molecular complexity index is 631. The van der Waals surface area contributed by atoms with Crippen LogP contribution in [0, 0.1) is 0 Å². The van der Waals surface area contributed by atoms with Crippen LogP contribution in [-0.4, -0.2) is 32.2 Å². The summed E-state index contributed by atoms with van der Waals surface area (Å²) in [7, 11) is 4.28. The molecule has 4 N–H and O–H groups in total. The van der Waals surface area contributed by atoms with Gasteiger partial charge >= 0.3 is 0 Å². The van der Waals surface area contributed by atoms with Crippen molar-refractivity contribution < 1.29 is 10.2 Å². The first-order chi connectivity index (χ1) is 9.60. The van der Waals surface area contributed by atoms with Gasteiger partial charge in [0.25, 0.3) is 5.56 Å². The molecule has 0 spiro atoms. The van der Waals surface area contributed by atoms with Crippen molar-refractivity contribution in [2.75, 3.05) is 27.2 Å². The van der Waals surface area contributed by atoms with E-state index >= 15 is 0 Å². The number of aromatic nitrogens is 1. The first-order valence-corrected chi connectivity index (χ1v) is 7.35. The molecule has 1 heterocycles. The molecule has 20 heavy (non-hydrogen) atoms. The summed E-state index contributed by atoms with van der Waals surface area (Å²) in [6.45, 7) is 5.03. The summed E-state index contributed by atoms with van der Waals surface area (Å²) in [5.74, 6) is 0. The Balaban J connectivity index is 2.16. The Morgan fingerprint density at radius 2 is 2.05 bits per heavy atom. The van der Waals surface area contributed by atoms with E-state index in [-0.39, 0.29) is 5.56 Å². The average Bonchev–Trinajstić information content (AvgIpc) is 2.43. The van der Waals surface area contributed by atoms with Crippen molar-refractivity contribution in [1.82, 2.24) is 4.98 Å². The molecule has 108 valence electrons. The molecule has 1 aromatic carbocycles. The topological polar surface area (TPSA) is 53.9 Å². The summed E-state index contributed by atoms with van der Waals surface area (Å²) >= 11 is 0. The van der Waals surface area contributed by atoms with E-state index in [1.165, 1.54) is 10.5 Å². The van der Waals surface area contributed by atoms with E-state index < -0.39 is 0 Å². The number of nitrogens with two attached hydrogens (primary N) is 1. The molecule has 0 bridgehead atoms. The summed E-state index contributed by atoms with van der Waals surface area (Å²) in [5.41, 5.74) is 3.12. The number of benzene rings is 1. The van der Waals surface area contributed by atoms with Gasteiger partial charge in [-0.1, -0.05) is 13.0 Å². The van der Waals surface area contributed by atoms with Gasteiger partial charge in [0.05, 0.1) is 19.7 Å². The lowest BCUT2D eigenvalue weighted by Crippen LogP contribution is -3.09. The molecular formula is C16H25N3O+2. The van der Waals surface area contributed by atoms with Crippen LogP contribution < -0.4 is 15.8 Å². The molecule has 0 saturated carbocycles. The van der Waals surface area contributed by atoms with Crippen molar-refractivity contribution in [2.45, 2.75) is 19.9 Å². The third-order valence-corrected chi connectivity index (χ3v) is 3.61. The van der Waals surface area contributed by atoms with Gasteiger partial charge in [0, 0.05) is 5.52 Å². The Labute approximate surface area is 119 Å². The number of H-pyrrole nitrogens is 1. The molecule has 2 aromatic rings. The number of aromatic amines is 1. The van der Waals surface area contributed by atoms with Crippen molar-refractivity contribution >= 4 is 10.9 Å². The Hall–Kier alpha value is -1.65. The number of quaternary nitrogens is 2. The molecule has 0 unspecified atom stereocenters. The molecule has 0 saturated heterocycles. The molecule has 0 aliphatic heterocycles. The zero-order valence-corrected chi connectivity index (χ0v) is 12.6. The molecule has 0 radical (unpaired) electrons. The normalized spacial score (nSPS) is 11.4. The second-order valence-corrected chi connectivity index (χ2v) is 5.64. The molecule has 0 atom stereocenters. The highest BCUT2D eigenvalue weighted by Gasteiger charge is 2.06. The number of nitrogens with one attached hydrogen (secondary N) is 2. The van der Waals surface area contributed by atoms with Crippen LogP contribution >= 0.6 is 0 Å². The monoisotopic (exact) mass is 275 g/mol. The standard InChI is InChI=1S/C16H23N3O/c1-4-12-5-6-15-13(9-12)10-14(16(20)18-15)11-17-7-8-19(2)3/h5-6,9-10,17H,4,7-8,11H2,1-3H3,(H,18,20)/p+2. The Morgan fingerprint density at radius 3 is 2.75 bits per heavy atom. The number of hydrogen-bond acceptors (Lipinski definition) is 1. The zero-order valence-electron chi connectivity index (χ0n) is 12.6. The van der Waals surface area contributed by atoms with E-state index in [0.717, 1.165) is 42.5 Å². The fraction of sp³-hybridized carbons (Fsp3) is 0.438. The number of rotatable bonds is 6. The highest BCUT2D eigenvalue weighted by atomic mass is 16.1. The van der Waals surface area contributed by atoms with Crippen molar-refractivity contribution in [3.63, 3.8) is 0 Å². The van der Waals surface area contributed by atoms with Gasteiger partial charge in [-0.2, -0.15) is 0 Å². The van der Waals surface area contributed by atoms with Crippen LogP contribution in [0.3, 0.4) is 0 Å². The van der Waals surface area contributed by atoms with Crippen molar-refractivity contribution in [1.29, 1.82) is 0 Å². The quantitative estimate of drug-likeness (QED) is 0.600. The van der Waals surface area contributed by atoms with Crippen LogP contribution in [0.5, 0.6) is 0 Å². The van der Waals surface area contributed by atoms with E-state index in [1.807, 2.05) is 12.1 Å². The molecule has 4 nitrogen and oxygen atoms in total. The van der Waals surface area contributed by atoms with Crippen LogP contribution in [0.25, 0.3) is 10.9 Å². The smallest absolute Gasteiger partial charge is 0.257 e. The highest BCUT2D eigenvalue weighted by molar-refractivity contribution is 5.79. The molecule has 0 fully saturated rings. The number of hydrogen-bond donors (Lipinski definition) is 3. The summed E-state index contributed by atoms with van der Waals surface area (Å²) in [5, 5.41) is 3.33. The van der Waals surface area contributed by atoms with Crippen LogP contribution in [0.4, 0.5) is 0 Å². The summed E-state index contributed by atoms with van der Waals surface area (Å²) in [4.78, 5) is 16.4. The van der Waals surface area contributed by atoms with E-state index in [9.17, 15) is 4.79 Å². The average molecular weight is 275 g/mol. The van der Waals surface area contributed by atoms with Gasteiger partial charge in [-0.3, -0.25) is 4.79 Å². The zero-order chi connectivity index (χ0) is 14.5. The third kappa shape index (κ3) is 3.68. The summed E-state index contributed by atoms with van der Waals surface area (Å²) in [6, 6.07) is 8.27. The van der Waals surface area contributed by atoms with Gasteiger partial charge in [-0.25, -0.2) is 0 Å². The second-order valence-electron chi connectivity index (χ2n) is 5.64. The first kappa shape index (κ1) is 14.8. The Morgan fingerprint density at radius 1 is 1.25 bits per heavy atom. The molecule has 0 aliphatic carbocycles. The van der Waals surface area contributed by atoms with Gasteiger partial charge in [0.15, 0.2) is 0 Å². The number of pyridine rings is 1. The molecule has 0 aliphatic rings. The lowest BCUT2D eigenvalue weighted by Gasteiger charge is -2.07. The van der Waals surface area contributed by atoms with Crippen molar-refractivity contribution in [3.05, 3.63) is 45.7 Å². The maximum Gasteiger partial charge on any atom is 0.257 e. The maximum absolute atomic E-state index is 12.0. The van der Waals surface area contributed by atoms with E-state index in [2.05, 4.69) is 43.5 Å². The molecular weight excluding hydrogens is 250 g/mol. The van der Waals surface area contributed by atoms with Gasteiger partial charge in [0.1, 0.15) is 19.6 Å². The first-order valence-electron chi connectivity index (χ1n) is 7.35. The van der Waals surface area contributed by atoms with Gasteiger partial charge in [0.2, 0.25) is 0 Å². The number of fused-ring (bicyclic) bond motifs is 1. The van der Waals surface area contributed by atoms with E-state index in [4.69, 9.17) is 0 Å². The van der Waals surface area contributed by atoms with E-state index in [1.54, 1.807) is 0 Å². The lowest BCUT2D eigenvalue weighted by atomic mass is 10.1. The Kier molecular flexibility index (Phi) is 4.93. The minimum atomic E-state index is 0.0372. The fourth-order valence-electron chi connectivity index (χ4n) is 2.32. The molecule has 4 heteroatoms. The van der Waals surface area contributed by atoms with Gasteiger partial charge in [-0.15, -0.1) is 0 Å². The van der Waals surface area contributed by atoms with Crippen LogP contribution in [0.1, 0.15) is 18.1 Å². The molecule has 0 amide bonds. The summed E-state index contributed by atoms with van der Waals surface area (Å²) in [6.07, 6.45) is 1.02. The maximum atomic E-state index is 12.0. The van der Waals surface area contributed by atoms with Crippen molar-refractivity contribution in [2.24, 2.45) is 0 Å². The number of likely N-dealkylation sites (N-methyl/N-ethyl adjacent to an activating group) is 1. The highest BCUT2D eigenvalue weighted by Crippen LogP contribution is 2.13. The third-order valence-electron chi connectivity index (χ3n) is 3.61. The second kappa shape index (κ2) is 6.68. The van der Waals surface area contributed by atoms with Gasteiger partial charge in [-0.05, 0) is 35.6 Å². The molecule has 1 aromatic heterocycles. The predicted octanol–water partition coefficient (Wildman–Crippen LogP) is -0.702. The minimum absolute atomic E-state index is 0.0372. The predicted molar refractivity (Wildman–Crippen MR) is 82.1 cm³/mol. The number of aryl methyl sites for hydroxylation is 1. The van der Waals surface area contributed by atoms with Gasteiger partial charge < -0.3 is 15.2 Å². The lowest BCUT2D eigenvalue weighted by molar-refractivity contribution is -0.875. The SMILES string of the molecule is CCc1ccc2[nH]c(=O)c(C[NH2+]CC[NH+](C)C)cc2c1. The van der Waals surface area contributed by atoms with Crippen LogP contribution in [0.2, 0.25) is 0 Å². The van der Waals surface area contributed by atoms with Crippen molar-refractivity contribution in [3.8, 4) is 0 Å².